The molecule has 0 fully saturated rings. The summed E-state index contributed by atoms with van der Waals surface area (Å²) in [7, 11) is 1.53. The van der Waals surface area contributed by atoms with Gasteiger partial charge < -0.3 is 10.1 Å². The summed E-state index contributed by atoms with van der Waals surface area (Å²) in [6.07, 6.45) is 1.59. The zero-order chi connectivity index (χ0) is 19.4. The van der Waals surface area contributed by atoms with Gasteiger partial charge >= 0.3 is 0 Å². The van der Waals surface area contributed by atoms with E-state index in [-0.39, 0.29) is 23.8 Å². The summed E-state index contributed by atoms with van der Waals surface area (Å²) in [6.45, 7) is 4.54. The second-order valence-corrected chi connectivity index (χ2v) is 6.69. The molecule has 2 heterocycles. The molecule has 7 nitrogen and oxygen atoms in total. The number of pyridine rings is 1. The van der Waals surface area contributed by atoms with E-state index in [0.717, 1.165) is 0 Å². The molecule has 0 saturated heterocycles. The first-order chi connectivity index (χ1) is 13.0. The van der Waals surface area contributed by atoms with E-state index in [9.17, 15) is 9.59 Å². The lowest BCUT2D eigenvalue weighted by atomic mass is 10.1. The van der Waals surface area contributed by atoms with E-state index < -0.39 is 0 Å². The van der Waals surface area contributed by atoms with Gasteiger partial charge in [-0.05, 0) is 18.1 Å². The third-order valence-corrected chi connectivity index (χ3v) is 4.04. The van der Waals surface area contributed by atoms with Crippen LogP contribution in [0.5, 0.6) is 5.88 Å². The second kappa shape index (κ2) is 7.99. The summed E-state index contributed by atoms with van der Waals surface area (Å²) in [6, 6.07) is 10.6. The smallest absolute Gasteiger partial charge is 0.274 e. The van der Waals surface area contributed by atoms with E-state index in [1.54, 1.807) is 18.2 Å². The third kappa shape index (κ3) is 4.31. The number of ether oxygens (including phenoxy) is 1. The number of benzene rings is 1. The predicted octanol–water partition coefficient (Wildman–Crippen LogP) is 2.64. The first-order valence-corrected chi connectivity index (χ1v) is 8.76. The average Bonchev–Trinajstić information content (AvgIpc) is 2.66. The van der Waals surface area contributed by atoms with Crippen LogP contribution in [0.4, 0.5) is 5.69 Å². The highest BCUT2D eigenvalue weighted by atomic mass is 16.5. The number of methoxy groups -OCH3 is 1. The maximum absolute atomic E-state index is 12.6. The number of rotatable bonds is 6. The van der Waals surface area contributed by atoms with Crippen LogP contribution in [0, 0.1) is 5.92 Å². The van der Waals surface area contributed by atoms with Crippen molar-refractivity contribution in [2.45, 2.75) is 26.8 Å². The monoisotopic (exact) mass is 366 g/mol. The van der Waals surface area contributed by atoms with E-state index in [1.807, 2.05) is 32.0 Å². The topological polar surface area (TPSA) is 86.1 Å². The van der Waals surface area contributed by atoms with Crippen LogP contribution in [0.25, 0.3) is 10.8 Å². The van der Waals surface area contributed by atoms with Crippen LogP contribution in [0.15, 0.2) is 47.4 Å². The van der Waals surface area contributed by atoms with Gasteiger partial charge in [0.05, 0.1) is 36.5 Å². The maximum Gasteiger partial charge on any atom is 0.274 e. The lowest BCUT2D eigenvalue weighted by Crippen LogP contribution is -2.28. The van der Waals surface area contributed by atoms with Gasteiger partial charge in [0.15, 0.2) is 0 Å². The number of aromatic nitrogens is 3. The fourth-order valence-electron chi connectivity index (χ4n) is 2.84. The first-order valence-electron chi connectivity index (χ1n) is 8.76. The molecule has 0 unspecified atom stereocenters. The Morgan fingerprint density at radius 2 is 1.93 bits per heavy atom. The quantitative estimate of drug-likeness (QED) is 0.725. The number of carbonyl (C=O) groups excluding carboxylic acids is 1. The zero-order valence-electron chi connectivity index (χ0n) is 15.6. The molecule has 3 rings (SSSR count). The standard InChI is InChI=1S/C20H22N4O3/c1-13(2)12-24-20(26)16-7-5-4-6-15(16)17(23-24)10-18(25)22-14-8-9-19(27-3)21-11-14/h4-9,11,13H,10,12H2,1-3H3,(H,22,25). The summed E-state index contributed by atoms with van der Waals surface area (Å²) < 4.78 is 6.46. The van der Waals surface area contributed by atoms with E-state index >= 15 is 0 Å². The van der Waals surface area contributed by atoms with Gasteiger partial charge in [-0.25, -0.2) is 9.67 Å². The molecule has 0 bridgehead atoms. The maximum atomic E-state index is 12.6. The van der Waals surface area contributed by atoms with Gasteiger partial charge in [-0.15, -0.1) is 0 Å². The van der Waals surface area contributed by atoms with Crippen LogP contribution in [0.3, 0.4) is 0 Å². The predicted molar refractivity (Wildman–Crippen MR) is 104 cm³/mol. The molecule has 1 aromatic carbocycles. The third-order valence-electron chi connectivity index (χ3n) is 4.04. The molecule has 0 aliphatic carbocycles. The molecule has 27 heavy (non-hydrogen) atoms. The molecule has 1 N–H and O–H groups in total. The lowest BCUT2D eigenvalue weighted by molar-refractivity contribution is -0.115. The molecule has 0 spiro atoms. The van der Waals surface area contributed by atoms with Crippen molar-refractivity contribution in [3.05, 3.63) is 58.6 Å². The minimum absolute atomic E-state index is 0.0604. The molecule has 0 aliphatic rings. The summed E-state index contributed by atoms with van der Waals surface area (Å²) in [5, 5.41) is 8.53. The minimum atomic E-state index is -0.227. The number of anilines is 1. The van der Waals surface area contributed by atoms with Gasteiger partial charge in [0.25, 0.3) is 5.56 Å². The van der Waals surface area contributed by atoms with Crippen LogP contribution < -0.4 is 15.6 Å². The van der Waals surface area contributed by atoms with Crippen molar-refractivity contribution in [3.63, 3.8) is 0 Å². The minimum Gasteiger partial charge on any atom is -0.481 e. The van der Waals surface area contributed by atoms with Crippen LogP contribution in [-0.4, -0.2) is 27.8 Å². The van der Waals surface area contributed by atoms with Crippen LogP contribution >= 0.6 is 0 Å². The Hall–Kier alpha value is -3.22. The number of hydrogen-bond donors (Lipinski definition) is 1. The van der Waals surface area contributed by atoms with Gasteiger partial charge in [0.1, 0.15) is 0 Å². The molecular formula is C20H22N4O3. The summed E-state index contributed by atoms with van der Waals surface area (Å²) in [5.74, 6) is 0.513. The number of hydrogen-bond acceptors (Lipinski definition) is 5. The van der Waals surface area contributed by atoms with E-state index in [2.05, 4.69) is 15.4 Å². The van der Waals surface area contributed by atoms with Crippen molar-refractivity contribution < 1.29 is 9.53 Å². The zero-order valence-corrected chi connectivity index (χ0v) is 15.6. The molecule has 2 aromatic heterocycles. The molecule has 140 valence electrons. The normalized spacial score (nSPS) is 11.0. The number of nitrogens with zero attached hydrogens (tertiary/aromatic N) is 3. The van der Waals surface area contributed by atoms with Crippen molar-refractivity contribution in [1.29, 1.82) is 0 Å². The van der Waals surface area contributed by atoms with E-state index in [0.29, 0.717) is 34.6 Å². The Labute approximate surface area is 157 Å². The fourth-order valence-corrected chi connectivity index (χ4v) is 2.84. The van der Waals surface area contributed by atoms with Crippen molar-refractivity contribution in [2.75, 3.05) is 12.4 Å². The number of carbonyl (C=O) groups is 1. The molecule has 1 amide bonds. The SMILES string of the molecule is COc1ccc(NC(=O)Cc2nn(CC(C)C)c(=O)c3ccccc23)cn1. The molecule has 7 heteroatoms. The Balaban J connectivity index is 1.89. The van der Waals surface area contributed by atoms with Crippen molar-refractivity contribution in [3.8, 4) is 5.88 Å². The molecule has 0 radical (unpaired) electrons. The number of nitrogens with one attached hydrogen (secondary N) is 1. The highest BCUT2D eigenvalue weighted by molar-refractivity contribution is 5.95. The van der Waals surface area contributed by atoms with Crippen LogP contribution in [0.2, 0.25) is 0 Å². The lowest BCUT2D eigenvalue weighted by Gasteiger charge is -2.12. The molecule has 3 aromatic rings. The second-order valence-electron chi connectivity index (χ2n) is 6.69. The highest BCUT2D eigenvalue weighted by Gasteiger charge is 2.14. The van der Waals surface area contributed by atoms with Gasteiger partial charge in [0.2, 0.25) is 11.8 Å². The van der Waals surface area contributed by atoms with Gasteiger partial charge in [0, 0.05) is 18.0 Å². The van der Waals surface area contributed by atoms with Crippen LogP contribution in [-0.2, 0) is 17.8 Å². The number of fused-ring (bicyclic) bond motifs is 1. The Bertz CT molecular complexity index is 1010. The Morgan fingerprint density at radius 3 is 2.56 bits per heavy atom. The van der Waals surface area contributed by atoms with E-state index in [4.69, 9.17) is 4.74 Å². The van der Waals surface area contributed by atoms with Crippen molar-refractivity contribution >= 4 is 22.4 Å². The van der Waals surface area contributed by atoms with Gasteiger partial charge in [-0.3, -0.25) is 9.59 Å². The van der Waals surface area contributed by atoms with Crippen molar-refractivity contribution in [2.24, 2.45) is 5.92 Å². The molecule has 0 saturated carbocycles. The Kier molecular flexibility index (Phi) is 5.49. The number of amides is 1. The van der Waals surface area contributed by atoms with Crippen molar-refractivity contribution in [1.82, 2.24) is 14.8 Å². The van der Waals surface area contributed by atoms with Crippen LogP contribution in [0.1, 0.15) is 19.5 Å². The summed E-state index contributed by atoms with van der Waals surface area (Å²) in [5.41, 5.74) is 1.01. The first kappa shape index (κ1) is 18.6. The van der Waals surface area contributed by atoms with Gasteiger partial charge in [-0.1, -0.05) is 32.0 Å². The summed E-state index contributed by atoms with van der Waals surface area (Å²) in [4.78, 5) is 29.2. The molecule has 0 aliphatic heterocycles. The highest BCUT2D eigenvalue weighted by Crippen LogP contribution is 2.16. The largest absolute Gasteiger partial charge is 0.481 e. The molecular weight excluding hydrogens is 344 g/mol. The summed E-state index contributed by atoms with van der Waals surface area (Å²) >= 11 is 0. The van der Waals surface area contributed by atoms with E-state index in [1.165, 1.54) is 18.0 Å². The Morgan fingerprint density at radius 1 is 1.19 bits per heavy atom. The molecule has 0 atom stereocenters. The fraction of sp³-hybridized carbons (Fsp3) is 0.300. The average molecular weight is 366 g/mol. The van der Waals surface area contributed by atoms with Gasteiger partial charge in [-0.2, -0.15) is 5.10 Å².